The van der Waals surface area contributed by atoms with E-state index in [9.17, 15) is 0 Å². The van der Waals surface area contributed by atoms with E-state index in [-0.39, 0.29) is 11.6 Å². The van der Waals surface area contributed by atoms with Gasteiger partial charge in [-0.2, -0.15) is 0 Å². The van der Waals surface area contributed by atoms with Crippen molar-refractivity contribution in [3.05, 3.63) is 22.2 Å². The molecule has 0 fully saturated rings. The minimum absolute atomic E-state index is 0.0135. The number of ether oxygens (including phenoxy) is 3. The Kier molecular flexibility index (Phi) is 6.97. The Morgan fingerprint density at radius 2 is 1.90 bits per heavy atom. The average molecular weight is 360 g/mol. The highest BCUT2D eigenvalue weighted by Gasteiger charge is 2.36. The number of likely N-dealkylation sites (N-methyl/N-ethyl adjacent to an activating group) is 1. The fourth-order valence-corrected chi connectivity index (χ4v) is 3.34. The van der Waals surface area contributed by atoms with Gasteiger partial charge in [-0.15, -0.1) is 0 Å². The van der Waals surface area contributed by atoms with Gasteiger partial charge in [-0.3, -0.25) is 0 Å². The molecule has 0 saturated heterocycles. The molecule has 0 heterocycles. The Labute approximate surface area is 136 Å². The Morgan fingerprint density at radius 1 is 1.24 bits per heavy atom. The molecule has 0 saturated carbocycles. The molecule has 2 unspecified atom stereocenters. The number of rotatable bonds is 8. The van der Waals surface area contributed by atoms with Crippen molar-refractivity contribution in [3.8, 4) is 11.5 Å². The Balaban J connectivity index is 3.37. The van der Waals surface area contributed by atoms with Crippen molar-refractivity contribution in [3.63, 3.8) is 0 Å². The molecule has 1 aromatic rings. The summed E-state index contributed by atoms with van der Waals surface area (Å²) in [6, 6.07) is 3.98. The molecule has 5 heteroatoms. The molecule has 0 spiro atoms. The van der Waals surface area contributed by atoms with E-state index in [1.807, 2.05) is 26.1 Å². The Bertz CT molecular complexity index is 467. The van der Waals surface area contributed by atoms with Crippen LogP contribution in [0.1, 0.15) is 38.8 Å². The molecule has 0 radical (unpaired) electrons. The van der Waals surface area contributed by atoms with Gasteiger partial charge < -0.3 is 19.5 Å². The topological polar surface area (TPSA) is 39.7 Å². The van der Waals surface area contributed by atoms with Gasteiger partial charge in [-0.05, 0) is 55.4 Å². The summed E-state index contributed by atoms with van der Waals surface area (Å²) in [5, 5.41) is 3.37. The SMILES string of the molecule is CCOC(C)(CC)C(NC)c1ccc(OC)c(Br)c1OC. The maximum atomic E-state index is 6.02. The van der Waals surface area contributed by atoms with Crippen LogP contribution in [-0.2, 0) is 4.74 Å². The molecular formula is C16H26BrNO3. The fourth-order valence-electron chi connectivity index (χ4n) is 2.65. The highest BCUT2D eigenvalue weighted by Crippen LogP contribution is 2.43. The number of methoxy groups -OCH3 is 2. The van der Waals surface area contributed by atoms with Crippen molar-refractivity contribution in [2.75, 3.05) is 27.9 Å². The summed E-state index contributed by atoms with van der Waals surface area (Å²) in [6.45, 7) is 6.93. The molecule has 0 aliphatic heterocycles. The van der Waals surface area contributed by atoms with E-state index in [2.05, 4.69) is 35.1 Å². The number of halogens is 1. The molecular weight excluding hydrogens is 334 g/mol. The molecule has 21 heavy (non-hydrogen) atoms. The maximum absolute atomic E-state index is 6.02. The van der Waals surface area contributed by atoms with Crippen LogP contribution in [0, 0.1) is 0 Å². The molecule has 2 atom stereocenters. The molecule has 1 rings (SSSR count). The smallest absolute Gasteiger partial charge is 0.141 e. The second kappa shape index (κ2) is 8.01. The first-order valence-corrected chi connectivity index (χ1v) is 7.99. The molecule has 0 aliphatic rings. The van der Waals surface area contributed by atoms with Crippen LogP contribution in [-0.4, -0.2) is 33.5 Å². The zero-order chi connectivity index (χ0) is 16.0. The highest BCUT2D eigenvalue weighted by molar-refractivity contribution is 9.10. The normalized spacial score (nSPS) is 15.4. The predicted molar refractivity (Wildman–Crippen MR) is 89.4 cm³/mol. The first kappa shape index (κ1) is 18.3. The molecule has 0 amide bonds. The molecule has 0 bridgehead atoms. The van der Waals surface area contributed by atoms with Crippen molar-refractivity contribution in [1.29, 1.82) is 0 Å². The molecule has 120 valence electrons. The van der Waals surface area contributed by atoms with E-state index >= 15 is 0 Å². The van der Waals surface area contributed by atoms with Crippen molar-refractivity contribution >= 4 is 15.9 Å². The Morgan fingerprint density at radius 3 is 2.33 bits per heavy atom. The minimum Gasteiger partial charge on any atom is -0.495 e. The summed E-state index contributed by atoms with van der Waals surface area (Å²) in [5.41, 5.74) is 0.732. The van der Waals surface area contributed by atoms with E-state index in [1.54, 1.807) is 14.2 Å². The quantitative estimate of drug-likeness (QED) is 0.763. The summed E-state index contributed by atoms with van der Waals surface area (Å²) < 4.78 is 17.8. The highest BCUT2D eigenvalue weighted by atomic mass is 79.9. The van der Waals surface area contributed by atoms with E-state index in [4.69, 9.17) is 14.2 Å². The summed E-state index contributed by atoms with van der Waals surface area (Å²) >= 11 is 3.56. The maximum Gasteiger partial charge on any atom is 0.141 e. The van der Waals surface area contributed by atoms with Gasteiger partial charge in [0, 0.05) is 12.2 Å². The standard InChI is InChI=1S/C16H26BrNO3/c1-7-16(3,21-8-2)15(18-4)11-9-10-12(19-5)13(17)14(11)20-6/h9-10,15,18H,7-8H2,1-6H3. The van der Waals surface area contributed by atoms with Gasteiger partial charge in [0.1, 0.15) is 16.0 Å². The van der Waals surface area contributed by atoms with Crippen molar-refractivity contribution in [2.24, 2.45) is 0 Å². The lowest BCUT2D eigenvalue weighted by Gasteiger charge is -2.37. The average Bonchev–Trinajstić information content (AvgIpc) is 2.48. The number of nitrogens with one attached hydrogen (secondary N) is 1. The second-order valence-corrected chi connectivity index (χ2v) is 5.82. The molecule has 1 aromatic carbocycles. The van der Waals surface area contributed by atoms with Crippen LogP contribution >= 0.6 is 15.9 Å². The predicted octanol–water partition coefficient (Wildman–Crippen LogP) is 3.93. The van der Waals surface area contributed by atoms with Gasteiger partial charge in [0.25, 0.3) is 0 Å². The van der Waals surface area contributed by atoms with Crippen molar-refractivity contribution in [1.82, 2.24) is 5.32 Å². The third-order valence-corrected chi connectivity index (χ3v) is 4.65. The number of benzene rings is 1. The molecule has 4 nitrogen and oxygen atoms in total. The van der Waals surface area contributed by atoms with Gasteiger partial charge >= 0.3 is 0 Å². The van der Waals surface area contributed by atoms with Crippen LogP contribution in [0.25, 0.3) is 0 Å². The zero-order valence-corrected chi connectivity index (χ0v) is 15.3. The third-order valence-electron chi connectivity index (χ3n) is 3.90. The van der Waals surface area contributed by atoms with Crippen LogP contribution in [0.3, 0.4) is 0 Å². The van der Waals surface area contributed by atoms with Gasteiger partial charge in [-0.25, -0.2) is 0 Å². The van der Waals surface area contributed by atoms with Crippen LogP contribution in [0.4, 0.5) is 0 Å². The monoisotopic (exact) mass is 359 g/mol. The lowest BCUT2D eigenvalue weighted by atomic mass is 9.87. The number of hydrogen-bond donors (Lipinski definition) is 1. The first-order chi connectivity index (χ1) is 9.98. The van der Waals surface area contributed by atoms with Gasteiger partial charge in [-0.1, -0.05) is 6.92 Å². The van der Waals surface area contributed by atoms with Crippen LogP contribution in [0.5, 0.6) is 11.5 Å². The Hall–Kier alpha value is -0.780. The summed E-state index contributed by atoms with van der Waals surface area (Å²) in [6.07, 6.45) is 0.888. The zero-order valence-electron chi connectivity index (χ0n) is 13.7. The molecule has 1 N–H and O–H groups in total. The fraction of sp³-hybridized carbons (Fsp3) is 0.625. The minimum atomic E-state index is -0.315. The summed E-state index contributed by atoms with van der Waals surface area (Å²) in [5.74, 6) is 1.52. The first-order valence-electron chi connectivity index (χ1n) is 7.20. The third kappa shape index (κ3) is 3.71. The van der Waals surface area contributed by atoms with E-state index in [0.29, 0.717) is 6.61 Å². The van der Waals surface area contributed by atoms with E-state index in [1.165, 1.54) is 0 Å². The van der Waals surface area contributed by atoms with Crippen LogP contribution in [0.2, 0.25) is 0 Å². The van der Waals surface area contributed by atoms with Crippen LogP contribution < -0.4 is 14.8 Å². The summed E-state index contributed by atoms with van der Waals surface area (Å²) in [7, 11) is 5.25. The van der Waals surface area contributed by atoms with Crippen LogP contribution in [0.15, 0.2) is 16.6 Å². The number of hydrogen-bond acceptors (Lipinski definition) is 4. The van der Waals surface area contributed by atoms with Crippen molar-refractivity contribution < 1.29 is 14.2 Å². The lowest BCUT2D eigenvalue weighted by molar-refractivity contribution is -0.0551. The van der Waals surface area contributed by atoms with E-state index in [0.717, 1.165) is 28.0 Å². The summed E-state index contributed by atoms with van der Waals surface area (Å²) in [4.78, 5) is 0. The molecule has 0 aromatic heterocycles. The van der Waals surface area contributed by atoms with E-state index < -0.39 is 0 Å². The lowest BCUT2D eigenvalue weighted by Crippen LogP contribution is -2.42. The van der Waals surface area contributed by atoms with Gasteiger partial charge in [0.05, 0.1) is 25.9 Å². The second-order valence-electron chi connectivity index (χ2n) is 5.03. The largest absolute Gasteiger partial charge is 0.495 e. The van der Waals surface area contributed by atoms with Gasteiger partial charge in [0.2, 0.25) is 0 Å². The van der Waals surface area contributed by atoms with Gasteiger partial charge in [0.15, 0.2) is 0 Å². The van der Waals surface area contributed by atoms with Crippen molar-refractivity contribution in [2.45, 2.75) is 38.8 Å². The molecule has 0 aliphatic carbocycles.